The zero-order valence-corrected chi connectivity index (χ0v) is 10.9. The van der Waals surface area contributed by atoms with Crippen LogP contribution in [0.15, 0.2) is 24.3 Å². The van der Waals surface area contributed by atoms with E-state index in [9.17, 15) is 5.11 Å². The summed E-state index contributed by atoms with van der Waals surface area (Å²) in [7, 11) is 1.67. The topological polar surface area (TPSA) is 41.5 Å². The van der Waals surface area contributed by atoms with E-state index in [2.05, 4.69) is 23.5 Å². The molecular weight excluding hydrogens is 226 g/mol. The van der Waals surface area contributed by atoms with Gasteiger partial charge in [-0.3, -0.25) is 0 Å². The lowest BCUT2D eigenvalue weighted by Gasteiger charge is -2.40. The number of methoxy groups -OCH3 is 1. The Morgan fingerprint density at radius 2 is 2.11 bits per heavy atom. The second-order valence-electron chi connectivity index (χ2n) is 5.59. The van der Waals surface area contributed by atoms with Crippen LogP contribution in [0, 0.1) is 5.92 Å². The van der Waals surface area contributed by atoms with E-state index >= 15 is 0 Å². The van der Waals surface area contributed by atoms with E-state index < -0.39 is 5.60 Å². The van der Waals surface area contributed by atoms with E-state index in [1.54, 1.807) is 7.11 Å². The summed E-state index contributed by atoms with van der Waals surface area (Å²) in [6.07, 6.45) is 4.26. The molecule has 98 valence electrons. The fourth-order valence-electron chi connectivity index (χ4n) is 3.13. The summed E-state index contributed by atoms with van der Waals surface area (Å²) >= 11 is 0. The van der Waals surface area contributed by atoms with Crippen molar-refractivity contribution in [2.45, 2.75) is 37.3 Å². The molecule has 1 heterocycles. The molecule has 3 rings (SSSR count). The minimum atomic E-state index is -0.706. The van der Waals surface area contributed by atoms with Crippen LogP contribution in [0.25, 0.3) is 0 Å². The van der Waals surface area contributed by atoms with Crippen molar-refractivity contribution in [3.63, 3.8) is 0 Å². The predicted molar refractivity (Wildman–Crippen MR) is 71.7 cm³/mol. The Morgan fingerprint density at radius 3 is 2.83 bits per heavy atom. The second-order valence-corrected chi connectivity index (χ2v) is 5.59. The van der Waals surface area contributed by atoms with Gasteiger partial charge in [0.15, 0.2) is 0 Å². The molecule has 1 aliphatic heterocycles. The molecule has 0 amide bonds. The molecule has 2 unspecified atom stereocenters. The summed E-state index contributed by atoms with van der Waals surface area (Å²) < 4.78 is 5.26. The fraction of sp³-hybridized carbons (Fsp3) is 0.600. The van der Waals surface area contributed by atoms with Gasteiger partial charge in [-0.15, -0.1) is 0 Å². The molecule has 0 radical (unpaired) electrons. The molecular formula is C15H21NO2. The smallest absolute Gasteiger partial charge is 0.111 e. The van der Waals surface area contributed by atoms with Crippen LogP contribution in [0.2, 0.25) is 0 Å². The van der Waals surface area contributed by atoms with Crippen molar-refractivity contribution in [1.82, 2.24) is 0 Å². The number of hydrogen-bond acceptors (Lipinski definition) is 3. The zero-order valence-electron chi connectivity index (χ0n) is 10.9. The first-order valence-corrected chi connectivity index (χ1v) is 6.80. The van der Waals surface area contributed by atoms with Crippen molar-refractivity contribution in [3.05, 3.63) is 29.8 Å². The van der Waals surface area contributed by atoms with Crippen LogP contribution in [-0.2, 0) is 11.2 Å². The molecule has 0 bridgehead atoms. The van der Waals surface area contributed by atoms with Gasteiger partial charge in [-0.25, -0.2) is 0 Å². The molecule has 1 aromatic rings. The number of benzene rings is 1. The van der Waals surface area contributed by atoms with Crippen molar-refractivity contribution in [1.29, 1.82) is 0 Å². The van der Waals surface area contributed by atoms with Gasteiger partial charge in [0.25, 0.3) is 0 Å². The average Bonchev–Trinajstić information content (AvgIpc) is 3.23. The number of anilines is 1. The summed E-state index contributed by atoms with van der Waals surface area (Å²) in [5.41, 5.74) is 1.82. The summed E-state index contributed by atoms with van der Waals surface area (Å²) in [6.45, 7) is 0.428. The van der Waals surface area contributed by atoms with Crippen LogP contribution >= 0.6 is 0 Å². The minimum Gasteiger partial charge on any atom is -0.385 e. The van der Waals surface area contributed by atoms with Gasteiger partial charge in [-0.1, -0.05) is 18.2 Å². The Labute approximate surface area is 108 Å². The van der Waals surface area contributed by atoms with Crippen molar-refractivity contribution in [2.24, 2.45) is 5.92 Å². The van der Waals surface area contributed by atoms with E-state index in [1.165, 1.54) is 11.3 Å². The molecule has 1 saturated carbocycles. The number of aryl methyl sites for hydroxylation is 1. The number of rotatable bonds is 4. The summed E-state index contributed by atoms with van der Waals surface area (Å²) in [5, 5.41) is 14.4. The number of fused-ring (bicyclic) bond motifs is 1. The quantitative estimate of drug-likeness (QED) is 0.857. The molecule has 1 fully saturated rings. The Balaban J connectivity index is 1.81. The maximum absolute atomic E-state index is 10.9. The van der Waals surface area contributed by atoms with E-state index in [1.807, 2.05) is 6.07 Å². The van der Waals surface area contributed by atoms with Crippen LogP contribution in [-0.4, -0.2) is 30.5 Å². The molecule has 1 aromatic carbocycles. The maximum atomic E-state index is 10.9. The zero-order chi connectivity index (χ0) is 12.6. The number of para-hydroxylation sites is 1. The standard InChI is InChI=1S/C15H21NO2/c1-18-10-15(17,12-7-8-12)14-9-6-11-4-2-3-5-13(11)16-14/h2-5,12,14,16-17H,6-10H2,1H3. The lowest BCUT2D eigenvalue weighted by Crippen LogP contribution is -2.53. The van der Waals surface area contributed by atoms with Crippen molar-refractivity contribution >= 4 is 5.69 Å². The van der Waals surface area contributed by atoms with Gasteiger partial charge in [-0.05, 0) is 43.2 Å². The molecule has 2 atom stereocenters. The van der Waals surface area contributed by atoms with Gasteiger partial charge in [-0.2, -0.15) is 0 Å². The molecule has 0 spiro atoms. The van der Waals surface area contributed by atoms with Crippen LogP contribution in [0.1, 0.15) is 24.8 Å². The molecule has 3 nitrogen and oxygen atoms in total. The van der Waals surface area contributed by atoms with Crippen LogP contribution < -0.4 is 5.32 Å². The first-order valence-electron chi connectivity index (χ1n) is 6.80. The third kappa shape index (κ3) is 2.02. The highest BCUT2D eigenvalue weighted by molar-refractivity contribution is 5.54. The monoisotopic (exact) mass is 247 g/mol. The minimum absolute atomic E-state index is 0.111. The maximum Gasteiger partial charge on any atom is 0.111 e. The van der Waals surface area contributed by atoms with E-state index in [-0.39, 0.29) is 6.04 Å². The van der Waals surface area contributed by atoms with Gasteiger partial charge in [0.2, 0.25) is 0 Å². The van der Waals surface area contributed by atoms with Crippen LogP contribution in [0.3, 0.4) is 0 Å². The number of ether oxygens (including phenoxy) is 1. The number of aliphatic hydroxyl groups is 1. The summed E-state index contributed by atoms with van der Waals surface area (Å²) in [5.74, 6) is 0.403. The molecule has 1 aliphatic carbocycles. The average molecular weight is 247 g/mol. The first-order chi connectivity index (χ1) is 8.74. The molecule has 18 heavy (non-hydrogen) atoms. The van der Waals surface area contributed by atoms with Crippen LogP contribution in [0.5, 0.6) is 0 Å². The van der Waals surface area contributed by atoms with Crippen molar-refractivity contribution in [3.8, 4) is 0 Å². The van der Waals surface area contributed by atoms with Crippen molar-refractivity contribution < 1.29 is 9.84 Å². The second kappa shape index (κ2) is 4.56. The number of hydrogen-bond donors (Lipinski definition) is 2. The van der Waals surface area contributed by atoms with Gasteiger partial charge < -0.3 is 15.2 Å². The van der Waals surface area contributed by atoms with Gasteiger partial charge in [0.1, 0.15) is 5.60 Å². The number of nitrogens with one attached hydrogen (secondary N) is 1. The Bertz CT molecular complexity index is 430. The van der Waals surface area contributed by atoms with E-state index in [4.69, 9.17) is 4.74 Å². The highest BCUT2D eigenvalue weighted by Gasteiger charge is 2.49. The SMILES string of the molecule is COCC(O)(C1CC1)C1CCc2ccccc2N1. The normalized spacial score (nSPS) is 26.0. The first kappa shape index (κ1) is 12.0. The van der Waals surface area contributed by atoms with Gasteiger partial charge in [0, 0.05) is 12.8 Å². The van der Waals surface area contributed by atoms with Gasteiger partial charge >= 0.3 is 0 Å². The van der Waals surface area contributed by atoms with E-state index in [0.29, 0.717) is 12.5 Å². The third-order valence-corrected chi connectivity index (χ3v) is 4.31. The Hall–Kier alpha value is -1.06. The van der Waals surface area contributed by atoms with Crippen molar-refractivity contribution in [2.75, 3.05) is 19.0 Å². The lowest BCUT2D eigenvalue weighted by atomic mass is 9.83. The lowest BCUT2D eigenvalue weighted by molar-refractivity contribution is -0.0633. The fourth-order valence-corrected chi connectivity index (χ4v) is 3.13. The molecule has 0 aromatic heterocycles. The van der Waals surface area contributed by atoms with Gasteiger partial charge in [0.05, 0.1) is 12.6 Å². The van der Waals surface area contributed by atoms with E-state index in [0.717, 1.165) is 25.7 Å². The Morgan fingerprint density at radius 1 is 1.33 bits per heavy atom. The summed E-state index contributed by atoms with van der Waals surface area (Å²) in [4.78, 5) is 0. The Kier molecular flexibility index (Phi) is 3.04. The largest absolute Gasteiger partial charge is 0.385 e. The molecule has 3 heteroatoms. The highest BCUT2D eigenvalue weighted by atomic mass is 16.5. The highest BCUT2D eigenvalue weighted by Crippen LogP contribution is 2.44. The molecule has 2 aliphatic rings. The van der Waals surface area contributed by atoms with Crippen LogP contribution in [0.4, 0.5) is 5.69 Å². The molecule has 0 saturated heterocycles. The third-order valence-electron chi connectivity index (χ3n) is 4.31. The predicted octanol–water partition coefficient (Wildman–Crippen LogP) is 2.20. The molecule has 2 N–H and O–H groups in total. The summed E-state index contributed by atoms with van der Waals surface area (Å²) in [6, 6.07) is 8.48.